The maximum Gasteiger partial charge on any atom is 0.339 e. The molecule has 0 fully saturated rings. The molecule has 0 amide bonds. The lowest BCUT2D eigenvalue weighted by Gasteiger charge is -2.27. The molecule has 17 heavy (non-hydrogen) atoms. The van der Waals surface area contributed by atoms with Gasteiger partial charge in [-0.3, -0.25) is 0 Å². The van der Waals surface area contributed by atoms with Crippen LogP contribution in [0.1, 0.15) is 23.7 Å². The van der Waals surface area contributed by atoms with E-state index in [1.165, 1.54) is 5.57 Å². The van der Waals surface area contributed by atoms with Gasteiger partial charge in [-0.05, 0) is 35.3 Å². The molecule has 1 aromatic rings. The molecule has 0 unspecified atom stereocenters. The fourth-order valence-corrected chi connectivity index (χ4v) is 2.14. The quantitative estimate of drug-likeness (QED) is 0.853. The number of pyridine rings is 1. The average Bonchev–Trinajstić information content (AvgIpc) is 2.30. The zero-order valence-corrected chi connectivity index (χ0v) is 11.1. The van der Waals surface area contributed by atoms with Crippen LogP contribution >= 0.6 is 15.9 Å². The first-order chi connectivity index (χ1) is 8.08. The number of halogens is 1. The molecule has 4 nitrogen and oxygen atoms in total. The predicted octanol–water partition coefficient (Wildman–Crippen LogP) is 2.70. The van der Waals surface area contributed by atoms with E-state index in [4.69, 9.17) is 5.11 Å². The highest BCUT2D eigenvalue weighted by molar-refractivity contribution is 9.10. The molecular formula is C12H13BrN2O2. The van der Waals surface area contributed by atoms with Crippen molar-refractivity contribution in [2.45, 2.75) is 13.3 Å². The Kier molecular flexibility index (Phi) is 3.47. The van der Waals surface area contributed by atoms with Crippen molar-refractivity contribution < 1.29 is 9.90 Å². The summed E-state index contributed by atoms with van der Waals surface area (Å²) in [5.74, 6) is -0.399. The van der Waals surface area contributed by atoms with Gasteiger partial charge in [0.15, 0.2) is 0 Å². The Morgan fingerprint density at radius 1 is 1.59 bits per heavy atom. The molecule has 90 valence electrons. The molecule has 0 radical (unpaired) electrons. The van der Waals surface area contributed by atoms with E-state index in [1.54, 1.807) is 12.3 Å². The van der Waals surface area contributed by atoms with Crippen LogP contribution in [0.4, 0.5) is 5.82 Å². The Labute approximate surface area is 108 Å². The predicted molar refractivity (Wildman–Crippen MR) is 69.5 cm³/mol. The first-order valence-corrected chi connectivity index (χ1v) is 6.16. The molecule has 0 saturated heterocycles. The molecule has 5 heteroatoms. The molecule has 0 bridgehead atoms. The first-order valence-electron chi connectivity index (χ1n) is 5.37. The Morgan fingerprint density at radius 3 is 2.94 bits per heavy atom. The molecule has 0 saturated carbocycles. The van der Waals surface area contributed by atoms with E-state index in [0.717, 1.165) is 19.5 Å². The summed E-state index contributed by atoms with van der Waals surface area (Å²) in [7, 11) is 0. The maximum atomic E-state index is 11.2. The summed E-state index contributed by atoms with van der Waals surface area (Å²) in [5, 5.41) is 9.17. The van der Waals surface area contributed by atoms with E-state index in [-0.39, 0.29) is 5.56 Å². The summed E-state index contributed by atoms with van der Waals surface area (Å²) < 4.78 is 0.683. The Morgan fingerprint density at radius 2 is 2.35 bits per heavy atom. The Balaban J connectivity index is 2.35. The normalized spacial score (nSPS) is 15.6. The zero-order valence-electron chi connectivity index (χ0n) is 9.48. The van der Waals surface area contributed by atoms with Crippen molar-refractivity contribution in [1.82, 2.24) is 4.98 Å². The number of carboxylic acid groups (broad SMARTS) is 1. The lowest BCUT2D eigenvalue weighted by Crippen LogP contribution is -2.30. The van der Waals surface area contributed by atoms with E-state index >= 15 is 0 Å². The highest BCUT2D eigenvalue weighted by Crippen LogP contribution is 2.24. The van der Waals surface area contributed by atoms with E-state index in [2.05, 4.69) is 33.9 Å². The summed E-state index contributed by atoms with van der Waals surface area (Å²) in [6.45, 7) is 3.63. The minimum absolute atomic E-state index is 0.243. The third-order valence-electron chi connectivity index (χ3n) is 2.80. The van der Waals surface area contributed by atoms with Gasteiger partial charge in [0, 0.05) is 23.8 Å². The molecule has 1 N–H and O–H groups in total. The van der Waals surface area contributed by atoms with Gasteiger partial charge in [0.2, 0.25) is 0 Å². The first kappa shape index (κ1) is 12.1. The molecule has 2 heterocycles. The number of hydrogen-bond donors (Lipinski definition) is 1. The number of carbonyl (C=O) groups is 1. The van der Waals surface area contributed by atoms with Gasteiger partial charge in [0.05, 0.1) is 0 Å². The highest BCUT2D eigenvalue weighted by atomic mass is 79.9. The largest absolute Gasteiger partial charge is 0.478 e. The number of aromatic nitrogens is 1. The maximum absolute atomic E-state index is 11.2. The molecular weight excluding hydrogens is 284 g/mol. The van der Waals surface area contributed by atoms with E-state index in [9.17, 15) is 4.79 Å². The molecule has 1 aliphatic rings. The fraction of sp³-hybridized carbons (Fsp3) is 0.333. The zero-order chi connectivity index (χ0) is 12.4. The molecule has 0 aliphatic carbocycles. The fourth-order valence-electron chi connectivity index (χ4n) is 1.80. The van der Waals surface area contributed by atoms with Crippen molar-refractivity contribution in [3.63, 3.8) is 0 Å². The molecule has 1 aliphatic heterocycles. The van der Waals surface area contributed by atoms with Crippen molar-refractivity contribution in [2.75, 3.05) is 18.0 Å². The molecule has 0 aromatic carbocycles. The summed E-state index contributed by atoms with van der Waals surface area (Å²) in [6, 6.07) is 1.59. The van der Waals surface area contributed by atoms with Gasteiger partial charge in [0.1, 0.15) is 11.4 Å². The second kappa shape index (κ2) is 4.87. The van der Waals surface area contributed by atoms with Gasteiger partial charge in [-0.25, -0.2) is 9.78 Å². The van der Waals surface area contributed by atoms with Gasteiger partial charge in [-0.15, -0.1) is 0 Å². The molecule has 0 atom stereocenters. The standard InChI is InChI=1S/C12H13BrN2O2/c1-8-2-4-15(5-3-8)11-10(12(16)17)6-9(13)7-14-11/h2,6-7H,3-5H2,1H3,(H,16,17). The molecule has 1 aromatic heterocycles. The topological polar surface area (TPSA) is 53.4 Å². The minimum atomic E-state index is -0.944. The monoisotopic (exact) mass is 296 g/mol. The number of anilines is 1. The lowest BCUT2D eigenvalue weighted by molar-refractivity contribution is 0.0697. The summed E-state index contributed by atoms with van der Waals surface area (Å²) in [5.41, 5.74) is 1.59. The van der Waals surface area contributed by atoms with Gasteiger partial charge in [-0.1, -0.05) is 11.6 Å². The van der Waals surface area contributed by atoms with Crippen molar-refractivity contribution >= 4 is 27.7 Å². The van der Waals surface area contributed by atoms with Gasteiger partial charge in [-0.2, -0.15) is 0 Å². The second-order valence-corrected chi connectivity index (χ2v) is 4.99. The van der Waals surface area contributed by atoms with Gasteiger partial charge >= 0.3 is 5.97 Å². The van der Waals surface area contributed by atoms with Crippen LogP contribution in [0.2, 0.25) is 0 Å². The number of carboxylic acids is 1. The minimum Gasteiger partial charge on any atom is -0.478 e. The Bertz CT molecular complexity index is 485. The number of aromatic carboxylic acids is 1. The van der Waals surface area contributed by atoms with Gasteiger partial charge in [0.25, 0.3) is 0 Å². The average molecular weight is 297 g/mol. The van der Waals surface area contributed by atoms with Crippen molar-refractivity contribution in [1.29, 1.82) is 0 Å². The van der Waals surface area contributed by atoms with Crippen LogP contribution in [-0.4, -0.2) is 29.1 Å². The van der Waals surface area contributed by atoms with Crippen LogP contribution in [0.3, 0.4) is 0 Å². The van der Waals surface area contributed by atoms with E-state index in [1.807, 2.05) is 4.90 Å². The van der Waals surface area contributed by atoms with Crippen molar-refractivity contribution in [3.8, 4) is 0 Å². The highest BCUT2D eigenvalue weighted by Gasteiger charge is 2.19. The van der Waals surface area contributed by atoms with Crippen LogP contribution in [0.5, 0.6) is 0 Å². The summed E-state index contributed by atoms with van der Waals surface area (Å²) in [6.07, 6.45) is 4.70. The number of hydrogen-bond acceptors (Lipinski definition) is 3. The smallest absolute Gasteiger partial charge is 0.339 e. The van der Waals surface area contributed by atoms with E-state index in [0.29, 0.717) is 10.3 Å². The Hall–Kier alpha value is -1.36. The third-order valence-corrected chi connectivity index (χ3v) is 3.23. The third kappa shape index (κ3) is 2.66. The van der Waals surface area contributed by atoms with E-state index < -0.39 is 5.97 Å². The SMILES string of the molecule is CC1=CCN(c2ncc(Br)cc2C(=O)O)CC1. The van der Waals surface area contributed by atoms with Crippen molar-refractivity contribution in [3.05, 3.63) is 33.9 Å². The molecule has 2 rings (SSSR count). The van der Waals surface area contributed by atoms with Gasteiger partial charge < -0.3 is 10.0 Å². The van der Waals surface area contributed by atoms with Crippen LogP contribution in [-0.2, 0) is 0 Å². The van der Waals surface area contributed by atoms with Crippen LogP contribution in [0.25, 0.3) is 0 Å². The van der Waals surface area contributed by atoms with Crippen molar-refractivity contribution in [2.24, 2.45) is 0 Å². The summed E-state index contributed by atoms with van der Waals surface area (Å²) in [4.78, 5) is 17.4. The van der Waals surface area contributed by atoms with Crippen LogP contribution in [0, 0.1) is 0 Å². The van der Waals surface area contributed by atoms with Crippen LogP contribution in [0.15, 0.2) is 28.4 Å². The number of rotatable bonds is 2. The molecule has 0 spiro atoms. The summed E-state index contributed by atoms with van der Waals surface area (Å²) >= 11 is 3.24. The van der Waals surface area contributed by atoms with Crippen LogP contribution < -0.4 is 4.90 Å². The lowest BCUT2D eigenvalue weighted by atomic mass is 10.1. The number of nitrogens with zero attached hydrogens (tertiary/aromatic N) is 2. The second-order valence-electron chi connectivity index (χ2n) is 4.08.